The number of rotatable bonds is 0. The molecule has 1 aromatic heterocycles. The zero-order valence-corrected chi connectivity index (χ0v) is 5.62. The van der Waals surface area contributed by atoms with Crippen LogP contribution in [0.5, 0.6) is 0 Å². The lowest BCUT2D eigenvalue weighted by Crippen LogP contribution is -2.09. The first-order valence-corrected chi connectivity index (χ1v) is 3.36. The Morgan fingerprint density at radius 2 is 2.50 bits per heavy atom. The summed E-state index contributed by atoms with van der Waals surface area (Å²) in [6.45, 7) is 0. The van der Waals surface area contributed by atoms with Crippen LogP contribution in [0.4, 0.5) is 0 Å². The molecule has 2 N–H and O–H groups in total. The number of imidazole rings is 1. The molecule has 0 unspecified atom stereocenters. The number of aromatic nitrogens is 2. The van der Waals surface area contributed by atoms with Gasteiger partial charge >= 0.3 is 0 Å². The van der Waals surface area contributed by atoms with Crippen molar-refractivity contribution in [2.45, 2.75) is 12.8 Å². The molecule has 1 aromatic rings. The van der Waals surface area contributed by atoms with Crippen molar-refractivity contribution in [2.24, 2.45) is 0 Å². The zero-order valence-electron chi connectivity index (χ0n) is 5.62. The van der Waals surface area contributed by atoms with Crippen molar-refractivity contribution < 1.29 is 0 Å². The third-order valence-electron chi connectivity index (χ3n) is 1.74. The molecule has 0 amide bonds. The van der Waals surface area contributed by atoms with E-state index in [-0.39, 0.29) is 0 Å². The number of aryl methyl sites for hydroxylation is 1. The van der Waals surface area contributed by atoms with Gasteiger partial charge in [-0.3, -0.25) is 4.68 Å². The van der Waals surface area contributed by atoms with Crippen molar-refractivity contribution in [3.8, 4) is 0 Å². The summed E-state index contributed by atoms with van der Waals surface area (Å²) in [6.07, 6.45) is 7.90. The van der Waals surface area contributed by atoms with E-state index in [4.69, 9.17) is 5.84 Å². The molecule has 1 heterocycles. The minimum atomic E-state index is 1.02. The lowest BCUT2D eigenvalue weighted by atomic mass is 10.1. The minimum Gasteiger partial charge on any atom is -0.338 e. The number of fused-ring (bicyclic) bond motifs is 1. The number of hydrogen-bond acceptors (Lipinski definition) is 2. The lowest BCUT2D eigenvalue weighted by Gasteiger charge is -2.03. The summed E-state index contributed by atoms with van der Waals surface area (Å²) in [5, 5.41) is 0. The molecule has 1 aliphatic carbocycles. The molecule has 0 atom stereocenters. The summed E-state index contributed by atoms with van der Waals surface area (Å²) < 4.78 is 1.56. The summed E-state index contributed by atoms with van der Waals surface area (Å²) in [4.78, 5) is 4.14. The van der Waals surface area contributed by atoms with E-state index in [1.807, 2.05) is 6.08 Å². The maximum atomic E-state index is 5.56. The highest BCUT2D eigenvalue weighted by Gasteiger charge is 2.08. The third kappa shape index (κ3) is 0.635. The molecule has 52 valence electrons. The highest BCUT2D eigenvalue weighted by atomic mass is 15.3. The fourth-order valence-electron chi connectivity index (χ4n) is 1.20. The van der Waals surface area contributed by atoms with Crippen LogP contribution in [-0.2, 0) is 6.42 Å². The van der Waals surface area contributed by atoms with Crippen LogP contribution in [0.3, 0.4) is 0 Å². The standard InChI is InChI=1S/C7H9N3/c8-10-5-9-6-3-1-2-4-7(6)10/h2,4-5H,1,3,8H2. The monoisotopic (exact) mass is 135 g/mol. The summed E-state index contributed by atoms with van der Waals surface area (Å²) in [7, 11) is 0. The Morgan fingerprint density at radius 3 is 3.30 bits per heavy atom. The van der Waals surface area contributed by atoms with Gasteiger partial charge in [-0.2, -0.15) is 0 Å². The van der Waals surface area contributed by atoms with Gasteiger partial charge < -0.3 is 5.84 Å². The van der Waals surface area contributed by atoms with E-state index in [1.54, 1.807) is 11.0 Å². The van der Waals surface area contributed by atoms with Gasteiger partial charge in [0.1, 0.15) is 6.33 Å². The molecule has 0 radical (unpaired) electrons. The van der Waals surface area contributed by atoms with Crippen LogP contribution in [0.25, 0.3) is 6.08 Å². The molecule has 3 heteroatoms. The predicted octanol–water partition coefficient (Wildman–Crippen LogP) is 0.556. The first-order valence-electron chi connectivity index (χ1n) is 3.36. The van der Waals surface area contributed by atoms with Crippen LogP contribution >= 0.6 is 0 Å². The summed E-state index contributed by atoms with van der Waals surface area (Å²) >= 11 is 0. The average molecular weight is 135 g/mol. The molecule has 3 nitrogen and oxygen atoms in total. The number of allylic oxidation sites excluding steroid dienone is 1. The molecule has 2 rings (SSSR count). The zero-order chi connectivity index (χ0) is 6.97. The van der Waals surface area contributed by atoms with Crippen molar-refractivity contribution in [1.29, 1.82) is 0 Å². The van der Waals surface area contributed by atoms with E-state index in [9.17, 15) is 0 Å². The Morgan fingerprint density at radius 1 is 1.60 bits per heavy atom. The molecule has 0 aliphatic heterocycles. The lowest BCUT2D eigenvalue weighted by molar-refractivity contribution is 0.928. The van der Waals surface area contributed by atoms with Gasteiger partial charge in [0, 0.05) is 0 Å². The van der Waals surface area contributed by atoms with Crippen LogP contribution < -0.4 is 5.84 Å². The van der Waals surface area contributed by atoms with Crippen molar-refractivity contribution >= 4 is 6.08 Å². The average Bonchev–Trinajstić information content (AvgIpc) is 2.34. The van der Waals surface area contributed by atoms with Gasteiger partial charge in [0.15, 0.2) is 0 Å². The van der Waals surface area contributed by atoms with Crippen LogP contribution in [-0.4, -0.2) is 9.66 Å². The maximum absolute atomic E-state index is 5.56. The molecule has 0 fully saturated rings. The van der Waals surface area contributed by atoms with Crippen molar-refractivity contribution in [3.63, 3.8) is 0 Å². The number of hydrogen-bond donors (Lipinski definition) is 1. The van der Waals surface area contributed by atoms with Crippen molar-refractivity contribution in [1.82, 2.24) is 9.66 Å². The second kappa shape index (κ2) is 1.87. The van der Waals surface area contributed by atoms with Crippen LogP contribution in [0.1, 0.15) is 17.8 Å². The second-order valence-corrected chi connectivity index (χ2v) is 2.42. The molecule has 1 aliphatic rings. The van der Waals surface area contributed by atoms with Gasteiger partial charge in [0.2, 0.25) is 0 Å². The molecule has 0 bridgehead atoms. The van der Waals surface area contributed by atoms with Gasteiger partial charge in [-0.1, -0.05) is 6.08 Å². The Kier molecular flexibility index (Phi) is 1.03. The molecular weight excluding hydrogens is 126 g/mol. The van der Waals surface area contributed by atoms with E-state index in [0.717, 1.165) is 24.2 Å². The Balaban J connectivity index is 2.57. The van der Waals surface area contributed by atoms with Gasteiger partial charge in [-0.25, -0.2) is 4.98 Å². The van der Waals surface area contributed by atoms with Crippen LogP contribution in [0, 0.1) is 0 Å². The predicted molar refractivity (Wildman–Crippen MR) is 39.7 cm³/mol. The van der Waals surface area contributed by atoms with Gasteiger partial charge in [-0.15, -0.1) is 0 Å². The molecule has 0 saturated carbocycles. The van der Waals surface area contributed by atoms with E-state index < -0.39 is 0 Å². The third-order valence-corrected chi connectivity index (χ3v) is 1.74. The number of nitrogens with two attached hydrogens (primary N) is 1. The molecule has 0 aromatic carbocycles. The normalized spacial score (nSPS) is 15.2. The van der Waals surface area contributed by atoms with Crippen molar-refractivity contribution in [3.05, 3.63) is 23.8 Å². The van der Waals surface area contributed by atoms with Gasteiger partial charge in [0.25, 0.3) is 0 Å². The molecule has 0 spiro atoms. The number of nitrogens with zero attached hydrogens (tertiary/aromatic N) is 2. The van der Waals surface area contributed by atoms with E-state index in [0.29, 0.717) is 0 Å². The Bertz CT molecular complexity index is 272. The highest BCUT2D eigenvalue weighted by Crippen LogP contribution is 2.14. The fraction of sp³-hybridized carbons (Fsp3) is 0.286. The van der Waals surface area contributed by atoms with Crippen molar-refractivity contribution in [2.75, 3.05) is 5.84 Å². The topological polar surface area (TPSA) is 43.8 Å². The second-order valence-electron chi connectivity index (χ2n) is 2.42. The first-order chi connectivity index (χ1) is 4.88. The summed E-state index contributed by atoms with van der Waals surface area (Å²) in [5.74, 6) is 5.56. The Labute approximate surface area is 59.1 Å². The SMILES string of the molecule is Nn1cnc2c1C=CCC2. The largest absolute Gasteiger partial charge is 0.338 e. The smallest absolute Gasteiger partial charge is 0.115 e. The fourth-order valence-corrected chi connectivity index (χ4v) is 1.20. The van der Waals surface area contributed by atoms with Gasteiger partial charge in [0.05, 0.1) is 11.4 Å². The Hall–Kier alpha value is -1.25. The molecule has 0 saturated heterocycles. The van der Waals surface area contributed by atoms with Gasteiger partial charge in [-0.05, 0) is 18.9 Å². The minimum absolute atomic E-state index is 1.02. The quantitative estimate of drug-likeness (QED) is 0.528. The summed E-state index contributed by atoms with van der Waals surface area (Å²) in [5.41, 5.74) is 2.16. The van der Waals surface area contributed by atoms with Crippen LogP contribution in [0.15, 0.2) is 12.4 Å². The summed E-state index contributed by atoms with van der Waals surface area (Å²) in [6, 6.07) is 0. The molecule has 10 heavy (non-hydrogen) atoms. The highest BCUT2D eigenvalue weighted by molar-refractivity contribution is 5.50. The van der Waals surface area contributed by atoms with Crippen LogP contribution in [0.2, 0.25) is 0 Å². The van der Waals surface area contributed by atoms with E-state index in [1.165, 1.54) is 0 Å². The molecular formula is C7H9N3. The van der Waals surface area contributed by atoms with E-state index in [2.05, 4.69) is 11.1 Å². The van der Waals surface area contributed by atoms with E-state index >= 15 is 0 Å². The number of nitrogen functional groups attached to an aromatic ring is 1. The maximum Gasteiger partial charge on any atom is 0.115 e. The first kappa shape index (κ1) is 5.53.